The van der Waals surface area contributed by atoms with Crippen LogP contribution in [0.2, 0.25) is 0 Å². The third kappa shape index (κ3) is 3.18. The van der Waals surface area contributed by atoms with Crippen molar-refractivity contribution in [3.05, 3.63) is 29.8 Å². The highest BCUT2D eigenvalue weighted by molar-refractivity contribution is 5.99. The van der Waals surface area contributed by atoms with Crippen LogP contribution in [-0.2, 0) is 4.79 Å². The molecule has 4 heteroatoms. The van der Waals surface area contributed by atoms with Crippen molar-refractivity contribution in [1.82, 2.24) is 0 Å². The van der Waals surface area contributed by atoms with Crippen LogP contribution in [0.25, 0.3) is 0 Å². The van der Waals surface area contributed by atoms with E-state index in [1.165, 1.54) is 6.42 Å². The minimum Gasteiger partial charge on any atom is -0.411 e. The van der Waals surface area contributed by atoms with Crippen molar-refractivity contribution in [1.29, 1.82) is 0 Å². The summed E-state index contributed by atoms with van der Waals surface area (Å²) in [4.78, 5) is 12.4. The maximum atomic E-state index is 12.4. The molecule has 108 valence electrons. The van der Waals surface area contributed by atoms with Gasteiger partial charge in [0.15, 0.2) is 0 Å². The summed E-state index contributed by atoms with van der Waals surface area (Å²) in [5.41, 5.74) is 1.95. The van der Waals surface area contributed by atoms with Crippen molar-refractivity contribution in [2.45, 2.75) is 46.0 Å². The molecule has 20 heavy (non-hydrogen) atoms. The van der Waals surface area contributed by atoms with Crippen molar-refractivity contribution in [2.24, 2.45) is 10.6 Å². The molecule has 1 fully saturated rings. The van der Waals surface area contributed by atoms with Crippen LogP contribution >= 0.6 is 0 Å². The first-order chi connectivity index (χ1) is 9.55. The molecule has 4 nitrogen and oxygen atoms in total. The molecule has 0 heterocycles. The number of carbonyl (C=O) groups excluding carboxylic acids is 1. The number of oxime groups is 1. The summed E-state index contributed by atoms with van der Waals surface area (Å²) < 4.78 is 0. The molecule has 1 aromatic carbocycles. The first kappa shape index (κ1) is 14.6. The van der Waals surface area contributed by atoms with E-state index in [1.54, 1.807) is 6.92 Å². The number of nitrogens with one attached hydrogen (secondary N) is 1. The van der Waals surface area contributed by atoms with Gasteiger partial charge in [-0.1, -0.05) is 43.5 Å². The molecule has 0 bridgehead atoms. The SMILES string of the molecule is C/C(=N/O)c1ccc(NC(=O)C2(C)CCCCC2)cc1. The van der Waals surface area contributed by atoms with E-state index in [1.807, 2.05) is 24.3 Å². The number of anilines is 1. The average Bonchev–Trinajstić information content (AvgIpc) is 2.48. The molecule has 0 aliphatic heterocycles. The van der Waals surface area contributed by atoms with E-state index in [0.717, 1.165) is 36.9 Å². The van der Waals surface area contributed by atoms with E-state index in [4.69, 9.17) is 5.21 Å². The van der Waals surface area contributed by atoms with Crippen LogP contribution in [0, 0.1) is 5.41 Å². The van der Waals surface area contributed by atoms with Crippen molar-refractivity contribution in [3.63, 3.8) is 0 Å². The molecule has 0 aromatic heterocycles. The van der Waals surface area contributed by atoms with Crippen molar-refractivity contribution in [3.8, 4) is 0 Å². The molecule has 0 radical (unpaired) electrons. The number of hydrogen-bond acceptors (Lipinski definition) is 3. The summed E-state index contributed by atoms with van der Waals surface area (Å²) in [7, 11) is 0. The van der Waals surface area contributed by atoms with E-state index in [-0.39, 0.29) is 11.3 Å². The van der Waals surface area contributed by atoms with E-state index < -0.39 is 0 Å². The Balaban J connectivity index is 2.04. The normalized spacial score (nSPS) is 18.6. The van der Waals surface area contributed by atoms with Crippen LogP contribution in [0.5, 0.6) is 0 Å². The Morgan fingerprint density at radius 2 is 1.80 bits per heavy atom. The zero-order valence-electron chi connectivity index (χ0n) is 12.1. The number of hydrogen-bond donors (Lipinski definition) is 2. The molecule has 1 aromatic rings. The Morgan fingerprint density at radius 3 is 2.35 bits per heavy atom. The Hall–Kier alpha value is -1.84. The van der Waals surface area contributed by atoms with Gasteiger partial charge in [0.05, 0.1) is 5.71 Å². The molecule has 1 aliphatic rings. The van der Waals surface area contributed by atoms with Gasteiger partial charge in [-0.3, -0.25) is 4.79 Å². The van der Waals surface area contributed by atoms with Gasteiger partial charge in [-0.2, -0.15) is 0 Å². The minimum absolute atomic E-state index is 0.109. The predicted molar refractivity (Wildman–Crippen MR) is 80.3 cm³/mol. The number of nitrogens with zero attached hydrogens (tertiary/aromatic N) is 1. The van der Waals surface area contributed by atoms with E-state index in [9.17, 15) is 4.79 Å². The molecule has 0 atom stereocenters. The summed E-state index contributed by atoms with van der Waals surface area (Å²) in [6, 6.07) is 7.37. The highest BCUT2D eigenvalue weighted by Crippen LogP contribution is 2.36. The van der Waals surface area contributed by atoms with Gasteiger partial charge in [0.25, 0.3) is 0 Å². The molecule has 1 amide bonds. The fourth-order valence-electron chi connectivity index (χ4n) is 2.69. The van der Waals surface area contributed by atoms with Crippen LogP contribution in [0.4, 0.5) is 5.69 Å². The number of benzene rings is 1. The standard InChI is InChI=1S/C16H22N2O2/c1-12(18-20)13-6-8-14(9-7-13)17-15(19)16(2)10-4-3-5-11-16/h6-9,20H,3-5,10-11H2,1-2H3,(H,17,19)/b18-12-. The summed E-state index contributed by atoms with van der Waals surface area (Å²) in [5, 5.41) is 14.9. The van der Waals surface area contributed by atoms with Crippen molar-refractivity contribution >= 4 is 17.3 Å². The second-order valence-electron chi connectivity index (χ2n) is 5.84. The van der Waals surface area contributed by atoms with Gasteiger partial charge >= 0.3 is 0 Å². The molecule has 1 saturated carbocycles. The maximum absolute atomic E-state index is 12.4. The maximum Gasteiger partial charge on any atom is 0.230 e. The fraction of sp³-hybridized carbons (Fsp3) is 0.500. The topological polar surface area (TPSA) is 61.7 Å². The summed E-state index contributed by atoms with van der Waals surface area (Å²) in [6.45, 7) is 3.79. The molecular weight excluding hydrogens is 252 g/mol. The lowest BCUT2D eigenvalue weighted by atomic mass is 9.75. The molecule has 2 rings (SSSR count). The largest absolute Gasteiger partial charge is 0.411 e. The second kappa shape index (κ2) is 6.07. The summed E-state index contributed by atoms with van der Waals surface area (Å²) in [6.07, 6.45) is 5.43. The average molecular weight is 274 g/mol. The molecule has 0 unspecified atom stereocenters. The van der Waals surface area contributed by atoms with E-state index >= 15 is 0 Å². The summed E-state index contributed by atoms with van der Waals surface area (Å²) in [5.74, 6) is 0.109. The fourth-order valence-corrected chi connectivity index (χ4v) is 2.69. The highest BCUT2D eigenvalue weighted by Gasteiger charge is 2.34. The minimum atomic E-state index is -0.237. The van der Waals surface area contributed by atoms with Crippen molar-refractivity contribution < 1.29 is 10.0 Å². The monoisotopic (exact) mass is 274 g/mol. The molecule has 0 saturated heterocycles. The zero-order valence-corrected chi connectivity index (χ0v) is 12.1. The van der Waals surface area contributed by atoms with Gasteiger partial charge < -0.3 is 10.5 Å². The Morgan fingerprint density at radius 1 is 1.20 bits per heavy atom. The third-order valence-corrected chi connectivity index (χ3v) is 4.22. The van der Waals surface area contributed by atoms with Gasteiger partial charge in [-0.05, 0) is 37.5 Å². The second-order valence-corrected chi connectivity index (χ2v) is 5.84. The lowest BCUT2D eigenvalue weighted by Crippen LogP contribution is -2.35. The Bertz CT molecular complexity index is 500. The van der Waals surface area contributed by atoms with E-state index in [2.05, 4.69) is 17.4 Å². The first-order valence-electron chi connectivity index (χ1n) is 7.16. The van der Waals surface area contributed by atoms with Crippen molar-refractivity contribution in [2.75, 3.05) is 5.32 Å². The van der Waals surface area contributed by atoms with Crippen LogP contribution < -0.4 is 5.32 Å². The quantitative estimate of drug-likeness (QED) is 0.500. The first-order valence-corrected chi connectivity index (χ1v) is 7.16. The Kier molecular flexibility index (Phi) is 4.42. The van der Waals surface area contributed by atoms with E-state index in [0.29, 0.717) is 5.71 Å². The zero-order chi connectivity index (χ0) is 14.6. The third-order valence-electron chi connectivity index (χ3n) is 4.22. The Labute approximate surface area is 119 Å². The van der Waals surface area contributed by atoms with Crippen LogP contribution in [0.15, 0.2) is 29.4 Å². The number of amides is 1. The number of carbonyl (C=O) groups is 1. The lowest BCUT2D eigenvalue weighted by Gasteiger charge is -2.32. The van der Waals surface area contributed by atoms with Gasteiger partial charge in [-0.15, -0.1) is 0 Å². The van der Waals surface area contributed by atoms with Crippen LogP contribution in [0.1, 0.15) is 51.5 Å². The molecular formula is C16H22N2O2. The van der Waals surface area contributed by atoms with Crippen LogP contribution in [0.3, 0.4) is 0 Å². The van der Waals surface area contributed by atoms with Crippen LogP contribution in [-0.4, -0.2) is 16.8 Å². The van der Waals surface area contributed by atoms with Gasteiger partial charge in [-0.25, -0.2) is 0 Å². The highest BCUT2D eigenvalue weighted by atomic mass is 16.4. The summed E-state index contributed by atoms with van der Waals surface area (Å²) >= 11 is 0. The smallest absolute Gasteiger partial charge is 0.230 e. The molecule has 2 N–H and O–H groups in total. The van der Waals surface area contributed by atoms with Gasteiger partial charge in [0.1, 0.15) is 0 Å². The molecule has 0 spiro atoms. The van der Waals surface area contributed by atoms with Gasteiger partial charge in [0, 0.05) is 11.1 Å². The predicted octanol–water partition coefficient (Wildman–Crippen LogP) is 3.79. The lowest BCUT2D eigenvalue weighted by molar-refractivity contribution is -0.126. The van der Waals surface area contributed by atoms with Gasteiger partial charge in [0.2, 0.25) is 5.91 Å². The molecule has 1 aliphatic carbocycles. The number of rotatable bonds is 3.